The number of hydrogen-bond acceptors (Lipinski definition) is 7. The van der Waals surface area contributed by atoms with E-state index in [1.54, 1.807) is 14.2 Å². The lowest BCUT2D eigenvalue weighted by atomic mass is 9.43. The molecule has 10 unspecified atom stereocenters. The third-order valence-electron chi connectivity index (χ3n) is 11.4. The Bertz CT molecular complexity index is 766. The molecular formula is C24H39NO6. The van der Waals surface area contributed by atoms with Crippen molar-refractivity contribution in [2.75, 3.05) is 33.9 Å². The minimum atomic E-state index is -1.42. The van der Waals surface area contributed by atoms with E-state index in [9.17, 15) is 20.4 Å². The Kier molecular flexibility index (Phi) is 4.41. The molecule has 0 amide bonds. The van der Waals surface area contributed by atoms with Crippen molar-refractivity contribution in [1.29, 1.82) is 0 Å². The van der Waals surface area contributed by atoms with E-state index < -0.39 is 35.2 Å². The number of nitrogens with zero attached hydrogens (tertiary/aromatic N) is 1. The van der Waals surface area contributed by atoms with Crippen LogP contribution in [0.5, 0.6) is 0 Å². The highest BCUT2D eigenvalue weighted by Crippen LogP contribution is 2.79. The zero-order chi connectivity index (χ0) is 22.1. The summed E-state index contributed by atoms with van der Waals surface area (Å²) in [5, 5.41) is 47.1. The summed E-state index contributed by atoms with van der Waals surface area (Å²) in [5.41, 5.74) is -2.03. The van der Waals surface area contributed by atoms with Crippen LogP contribution in [0.1, 0.15) is 33.1 Å². The maximum absolute atomic E-state index is 12.4. The topological polar surface area (TPSA) is 103 Å². The van der Waals surface area contributed by atoms with Crippen molar-refractivity contribution in [2.24, 2.45) is 46.3 Å². The second kappa shape index (κ2) is 6.44. The van der Waals surface area contributed by atoms with Crippen LogP contribution >= 0.6 is 0 Å². The van der Waals surface area contributed by atoms with E-state index in [1.807, 2.05) is 6.92 Å². The van der Waals surface area contributed by atoms with Gasteiger partial charge in [0.1, 0.15) is 5.60 Å². The maximum atomic E-state index is 12.4. The van der Waals surface area contributed by atoms with Gasteiger partial charge in [-0.1, -0.05) is 13.8 Å². The third-order valence-corrected chi connectivity index (χ3v) is 11.4. The van der Waals surface area contributed by atoms with Crippen molar-refractivity contribution in [3.05, 3.63) is 0 Å². The average molecular weight is 438 g/mol. The number of ether oxygens (including phenoxy) is 2. The number of piperidine rings is 1. The lowest BCUT2D eigenvalue weighted by Crippen LogP contribution is -2.78. The molecule has 31 heavy (non-hydrogen) atoms. The summed E-state index contributed by atoms with van der Waals surface area (Å²) in [4.78, 5) is 2.45. The Morgan fingerprint density at radius 1 is 1.13 bits per heavy atom. The Morgan fingerprint density at radius 2 is 1.87 bits per heavy atom. The molecule has 7 heteroatoms. The minimum absolute atomic E-state index is 0.0376. The Morgan fingerprint density at radius 3 is 2.52 bits per heavy atom. The van der Waals surface area contributed by atoms with Gasteiger partial charge >= 0.3 is 0 Å². The molecule has 1 spiro atoms. The molecular weight excluding hydrogens is 398 g/mol. The van der Waals surface area contributed by atoms with E-state index in [2.05, 4.69) is 11.8 Å². The van der Waals surface area contributed by atoms with Crippen LogP contribution in [0.4, 0.5) is 0 Å². The molecule has 1 aliphatic heterocycles. The molecule has 6 fully saturated rings. The molecule has 1 heterocycles. The zero-order valence-corrected chi connectivity index (χ0v) is 19.1. The molecule has 4 N–H and O–H groups in total. The summed E-state index contributed by atoms with van der Waals surface area (Å²) < 4.78 is 12.0. The molecule has 1 saturated heterocycles. The summed E-state index contributed by atoms with van der Waals surface area (Å²) >= 11 is 0. The van der Waals surface area contributed by atoms with Gasteiger partial charge in [-0.25, -0.2) is 0 Å². The van der Waals surface area contributed by atoms with E-state index in [0.29, 0.717) is 6.61 Å². The number of hydrogen-bond donors (Lipinski definition) is 4. The predicted molar refractivity (Wildman–Crippen MR) is 112 cm³/mol. The van der Waals surface area contributed by atoms with Crippen LogP contribution in [-0.2, 0) is 9.47 Å². The number of rotatable bonds is 4. The standard InChI is InChI=1S/C24H39NO6/c1-5-25-9-22(10-30-3)7-6-14(26)23-13-8-12-11(2)21(28)24(29,15(13)17(12)27)16(20(23)25)18(31-4)19(22)23/h11-21,26-29H,5-10H2,1-4H3/t11?,12?,13?,14?,15?,16?,17?,18?,19?,20-,21-,22-,23?,24+/m0/s1. The highest BCUT2D eigenvalue weighted by molar-refractivity contribution is 5.36. The SMILES string of the molecule is CCN1C[C@]2(COC)CCC(O)C34C5CC6C(O)C5[C@@](O)(C(C(OC)C32)[C@H]14)[C@@H](O)C6C. The number of fused-ring (bicyclic) bond motifs is 2. The predicted octanol–water partition coefficient (Wildman–Crippen LogP) is 0.0939. The van der Waals surface area contributed by atoms with Crippen molar-refractivity contribution in [3.8, 4) is 0 Å². The smallest absolute Gasteiger partial charge is 0.103 e. The fourth-order valence-corrected chi connectivity index (χ4v) is 10.8. The summed E-state index contributed by atoms with van der Waals surface area (Å²) in [6, 6.07) is -0.0649. The van der Waals surface area contributed by atoms with Gasteiger partial charge in [0.25, 0.3) is 0 Å². The van der Waals surface area contributed by atoms with Crippen LogP contribution in [-0.4, -0.2) is 95.3 Å². The molecule has 14 atom stereocenters. The molecule has 0 aromatic rings. The first kappa shape index (κ1) is 21.3. The van der Waals surface area contributed by atoms with Gasteiger partial charge in [-0.05, 0) is 43.6 Å². The molecule has 176 valence electrons. The summed E-state index contributed by atoms with van der Waals surface area (Å²) in [5.74, 6) is -0.988. The number of likely N-dealkylation sites (tertiary alicyclic amines) is 1. The van der Waals surface area contributed by atoms with E-state index >= 15 is 0 Å². The largest absolute Gasteiger partial charge is 0.392 e. The van der Waals surface area contributed by atoms with Gasteiger partial charge < -0.3 is 29.9 Å². The zero-order valence-electron chi connectivity index (χ0n) is 19.1. The highest BCUT2D eigenvalue weighted by atomic mass is 16.5. The molecule has 7 nitrogen and oxygen atoms in total. The molecule has 7 bridgehead atoms. The van der Waals surface area contributed by atoms with E-state index in [-0.39, 0.29) is 47.2 Å². The van der Waals surface area contributed by atoms with Gasteiger partial charge in [-0.2, -0.15) is 0 Å². The molecule has 0 radical (unpaired) electrons. The van der Waals surface area contributed by atoms with Crippen molar-refractivity contribution >= 4 is 0 Å². The van der Waals surface area contributed by atoms with Gasteiger partial charge in [-0.15, -0.1) is 0 Å². The number of aliphatic hydroxyl groups excluding tert-OH is 3. The minimum Gasteiger partial charge on any atom is -0.392 e. The molecule has 6 rings (SSSR count). The van der Waals surface area contributed by atoms with E-state index in [4.69, 9.17) is 9.47 Å². The average Bonchev–Trinajstić information content (AvgIpc) is 3.18. The van der Waals surface area contributed by atoms with Crippen LogP contribution in [0.2, 0.25) is 0 Å². The van der Waals surface area contributed by atoms with Gasteiger partial charge in [0.15, 0.2) is 0 Å². The van der Waals surface area contributed by atoms with Crippen LogP contribution in [0, 0.1) is 46.3 Å². The normalized spacial score (nSPS) is 64.1. The highest BCUT2D eigenvalue weighted by Gasteiger charge is 2.87. The van der Waals surface area contributed by atoms with Gasteiger partial charge in [0.05, 0.1) is 31.0 Å². The maximum Gasteiger partial charge on any atom is 0.103 e. The third kappa shape index (κ3) is 2.01. The Balaban J connectivity index is 1.65. The van der Waals surface area contributed by atoms with Gasteiger partial charge in [0, 0.05) is 55.4 Å². The number of methoxy groups -OCH3 is 2. The van der Waals surface area contributed by atoms with Gasteiger partial charge in [-0.3, -0.25) is 4.90 Å². The molecule has 5 saturated carbocycles. The van der Waals surface area contributed by atoms with Crippen LogP contribution < -0.4 is 0 Å². The van der Waals surface area contributed by atoms with Crippen molar-refractivity contribution < 1.29 is 29.9 Å². The molecule has 0 aromatic carbocycles. The second-order valence-electron chi connectivity index (χ2n) is 11.8. The summed E-state index contributed by atoms with van der Waals surface area (Å²) in [7, 11) is 3.47. The monoisotopic (exact) mass is 437 g/mol. The van der Waals surface area contributed by atoms with E-state index in [0.717, 1.165) is 32.4 Å². The first-order valence-corrected chi connectivity index (χ1v) is 12.3. The summed E-state index contributed by atoms with van der Waals surface area (Å²) in [6.45, 7) is 6.40. The van der Waals surface area contributed by atoms with Crippen molar-refractivity contribution in [1.82, 2.24) is 4.90 Å². The Hall–Kier alpha value is -0.280. The Labute approximate surface area is 184 Å². The lowest BCUT2D eigenvalue weighted by molar-refractivity contribution is -0.290. The van der Waals surface area contributed by atoms with Crippen LogP contribution in [0.25, 0.3) is 0 Å². The first-order chi connectivity index (χ1) is 14.8. The quantitative estimate of drug-likeness (QED) is 0.495. The molecule has 6 aliphatic rings. The van der Waals surface area contributed by atoms with Gasteiger partial charge in [0.2, 0.25) is 0 Å². The van der Waals surface area contributed by atoms with Crippen molar-refractivity contribution in [3.63, 3.8) is 0 Å². The summed E-state index contributed by atoms with van der Waals surface area (Å²) in [6.07, 6.45) is 0.00334. The second-order valence-corrected chi connectivity index (χ2v) is 11.8. The van der Waals surface area contributed by atoms with Crippen LogP contribution in [0.15, 0.2) is 0 Å². The number of aliphatic hydroxyl groups is 4. The molecule has 5 aliphatic carbocycles. The van der Waals surface area contributed by atoms with E-state index in [1.165, 1.54) is 0 Å². The lowest BCUT2D eigenvalue weighted by Gasteiger charge is -2.69. The van der Waals surface area contributed by atoms with Crippen molar-refractivity contribution in [2.45, 2.75) is 69.2 Å². The van der Waals surface area contributed by atoms with Crippen LogP contribution in [0.3, 0.4) is 0 Å². The fourth-order valence-electron chi connectivity index (χ4n) is 10.8. The first-order valence-electron chi connectivity index (χ1n) is 12.3. The fraction of sp³-hybridized carbons (Fsp3) is 1.00. The molecule has 0 aromatic heterocycles.